The zero-order valence-corrected chi connectivity index (χ0v) is 11.4. The van der Waals surface area contributed by atoms with E-state index in [0.29, 0.717) is 11.3 Å². The Hall–Kier alpha value is -2.73. The number of carbonyl (C=O) groups is 1. The van der Waals surface area contributed by atoms with E-state index in [9.17, 15) is 4.79 Å². The lowest BCUT2D eigenvalue weighted by Gasteiger charge is -2.08. The second-order valence-electron chi connectivity index (χ2n) is 4.10. The normalized spacial score (nSPS) is 9.30. The Labute approximate surface area is 118 Å². The SMILES string of the molecule is CC#Cc1ccccc1NC(=O)c1ccc(OC)cc1. The van der Waals surface area contributed by atoms with Crippen LogP contribution in [-0.4, -0.2) is 13.0 Å². The summed E-state index contributed by atoms with van der Waals surface area (Å²) >= 11 is 0. The molecule has 0 atom stereocenters. The molecule has 0 saturated carbocycles. The molecule has 0 aliphatic heterocycles. The van der Waals surface area contributed by atoms with Gasteiger partial charge in [0.05, 0.1) is 12.8 Å². The molecule has 2 aromatic carbocycles. The summed E-state index contributed by atoms with van der Waals surface area (Å²) < 4.78 is 5.07. The lowest BCUT2D eigenvalue weighted by molar-refractivity contribution is 0.102. The van der Waals surface area contributed by atoms with Crippen LogP contribution in [0.4, 0.5) is 5.69 Å². The molecule has 0 aliphatic rings. The molecule has 0 aromatic heterocycles. The predicted octanol–water partition coefficient (Wildman–Crippen LogP) is 3.32. The van der Waals surface area contributed by atoms with Crippen molar-refractivity contribution in [2.45, 2.75) is 6.92 Å². The van der Waals surface area contributed by atoms with Crippen molar-refractivity contribution in [3.05, 3.63) is 59.7 Å². The molecule has 0 aliphatic carbocycles. The Morgan fingerprint density at radius 3 is 2.45 bits per heavy atom. The largest absolute Gasteiger partial charge is 0.497 e. The average Bonchev–Trinajstić information content (AvgIpc) is 2.49. The van der Waals surface area contributed by atoms with Gasteiger partial charge in [0.25, 0.3) is 5.91 Å². The van der Waals surface area contributed by atoms with Crippen molar-refractivity contribution in [3.63, 3.8) is 0 Å². The summed E-state index contributed by atoms with van der Waals surface area (Å²) in [6.07, 6.45) is 0. The molecule has 0 fully saturated rings. The molecule has 0 heterocycles. The van der Waals surface area contributed by atoms with Gasteiger partial charge >= 0.3 is 0 Å². The Bertz CT molecular complexity index is 663. The minimum absolute atomic E-state index is 0.169. The molecule has 2 rings (SSSR count). The molecule has 0 saturated heterocycles. The van der Waals surface area contributed by atoms with E-state index in [1.54, 1.807) is 38.3 Å². The summed E-state index contributed by atoms with van der Waals surface area (Å²) in [5.74, 6) is 6.35. The van der Waals surface area contributed by atoms with E-state index in [4.69, 9.17) is 4.74 Å². The standard InChI is InChI=1S/C17H15NO2/c1-3-6-13-7-4-5-8-16(13)18-17(19)14-9-11-15(20-2)12-10-14/h4-5,7-12H,1-2H3,(H,18,19). The lowest BCUT2D eigenvalue weighted by atomic mass is 10.1. The maximum Gasteiger partial charge on any atom is 0.255 e. The fourth-order valence-corrected chi connectivity index (χ4v) is 1.77. The zero-order chi connectivity index (χ0) is 14.4. The number of amides is 1. The van der Waals surface area contributed by atoms with Crippen molar-refractivity contribution in [3.8, 4) is 17.6 Å². The summed E-state index contributed by atoms with van der Waals surface area (Å²) in [6.45, 7) is 1.77. The maximum atomic E-state index is 12.2. The molecule has 2 aromatic rings. The van der Waals surface area contributed by atoms with Gasteiger partial charge in [0, 0.05) is 11.1 Å². The Kier molecular flexibility index (Phi) is 4.41. The van der Waals surface area contributed by atoms with E-state index < -0.39 is 0 Å². The van der Waals surface area contributed by atoms with Gasteiger partial charge in [-0.15, -0.1) is 5.92 Å². The number of carbonyl (C=O) groups excluding carboxylic acids is 1. The third kappa shape index (κ3) is 3.18. The molecule has 3 heteroatoms. The van der Waals surface area contributed by atoms with Crippen molar-refractivity contribution in [1.82, 2.24) is 0 Å². The van der Waals surface area contributed by atoms with Gasteiger partial charge in [0.2, 0.25) is 0 Å². The van der Waals surface area contributed by atoms with Crippen LogP contribution in [0.25, 0.3) is 0 Å². The van der Waals surface area contributed by atoms with Crippen LogP contribution in [0.2, 0.25) is 0 Å². The number of hydrogen-bond donors (Lipinski definition) is 1. The maximum absolute atomic E-state index is 12.2. The molecule has 0 spiro atoms. The fraction of sp³-hybridized carbons (Fsp3) is 0.118. The minimum Gasteiger partial charge on any atom is -0.497 e. The number of rotatable bonds is 3. The van der Waals surface area contributed by atoms with E-state index in [1.807, 2.05) is 24.3 Å². The summed E-state index contributed by atoms with van der Waals surface area (Å²) in [5, 5.41) is 2.87. The van der Waals surface area contributed by atoms with Crippen molar-refractivity contribution < 1.29 is 9.53 Å². The van der Waals surface area contributed by atoms with E-state index in [1.165, 1.54) is 0 Å². The molecule has 3 nitrogen and oxygen atoms in total. The lowest BCUT2D eigenvalue weighted by Crippen LogP contribution is -2.12. The highest BCUT2D eigenvalue weighted by Gasteiger charge is 2.08. The van der Waals surface area contributed by atoms with E-state index in [2.05, 4.69) is 17.2 Å². The van der Waals surface area contributed by atoms with Crippen LogP contribution in [-0.2, 0) is 0 Å². The van der Waals surface area contributed by atoms with Crippen LogP contribution in [0.5, 0.6) is 5.75 Å². The predicted molar refractivity (Wildman–Crippen MR) is 79.9 cm³/mol. The second kappa shape index (κ2) is 6.44. The van der Waals surface area contributed by atoms with Crippen LogP contribution in [0.15, 0.2) is 48.5 Å². The van der Waals surface area contributed by atoms with Crippen LogP contribution < -0.4 is 10.1 Å². The molecule has 1 amide bonds. The van der Waals surface area contributed by atoms with E-state index in [0.717, 1.165) is 11.3 Å². The van der Waals surface area contributed by atoms with Crippen molar-refractivity contribution >= 4 is 11.6 Å². The molecule has 1 N–H and O–H groups in total. The topological polar surface area (TPSA) is 38.3 Å². The first-order valence-corrected chi connectivity index (χ1v) is 6.22. The summed E-state index contributed by atoms with van der Waals surface area (Å²) in [6, 6.07) is 14.4. The zero-order valence-electron chi connectivity index (χ0n) is 11.4. The first-order valence-electron chi connectivity index (χ1n) is 6.22. The molecule has 0 unspecified atom stereocenters. The number of nitrogens with one attached hydrogen (secondary N) is 1. The molecular formula is C17H15NO2. The quantitative estimate of drug-likeness (QED) is 0.865. The van der Waals surface area contributed by atoms with Crippen LogP contribution >= 0.6 is 0 Å². The number of benzene rings is 2. The molecule has 100 valence electrons. The second-order valence-corrected chi connectivity index (χ2v) is 4.10. The minimum atomic E-state index is -0.169. The van der Waals surface area contributed by atoms with Gasteiger partial charge < -0.3 is 10.1 Å². The van der Waals surface area contributed by atoms with Gasteiger partial charge in [-0.05, 0) is 43.3 Å². The summed E-state index contributed by atoms with van der Waals surface area (Å²) in [4.78, 5) is 12.2. The first kappa shape index (κ1) is 13.7. The summed E-state index contributed by atoms with van der Waals surface area (Å²) in [5.41, 5.74) is 2.09. The highest BCUT2D eigenvalue weighted by Crippen LogP contribution is 2.16. The highest BCUT2D eigenvalue weighted by atomic mass is 16.5. The average molecular weight is 265 g/mol. The van der Waals surface area contributed by atoms with Gasteiger partial charge in [-0.1, -0.05) is 18.1 Å². The fourth-order valence-electron chi connectivity index (χ4n) is 1.77. The van der Waals surface area contributed by atoms with Crippen molar-refractivity contribution in [1.29, 1.82) is 0 Å². The molecular weight excluding hydrogens is 250 g/mol. The van der Waals surface area contributed by atoms with Crippen LogP contribution in [0.1, 0.15) is 22.8 Å². The summed E-state index contributed by atoms with van der Waals surface area (Å²) in [7, 11) is 1.59. The molecule has 20 heavy (non-hydrogen) atoms. The third-order valence-corrected chi connectivity index (χ3v) is 2.79. The van der Waals surface area contributed by atoms with Crippen molar-refractivity contribution in [2.75, 3.05) is 12.4 Å². The number of methoxy groups -OCH3 is 1. The van der Waals surface area contributed by atoms with Gasteiger partial charge in [-0.2, -0.15) is 0 Å². The number of para-hydroxylation sites is 1. The van der Waals surface area contributed by atoms with Crippen LogP contribution in [0.3, 0.4) is 0 Å². The number of ether oxygens (including phenoxy) is 1. The Morgan fingerprint density at radius 1 is 1.10 bits per heavy atom. The van der Waals surface area contributed by atoms with E-state index in [-0.39, 0.29) is 5.91 Å². The Balaban J connectivity index is 2.20. The van der Waals surface area contributed by atoms with E-state index >= 15 is 0 Å². The van der Waals surface area contributed by atoms with Crippen molar-refractivity contribution in [2.24, 2.45) is 0 Å². The number of anilines is 1. The first-order chi connectivity index (χ1) is 9.74. The van der Waals surface area contributed by atoms with Gasteiger partial charge in [0.15, 0.2) is 0 Å². The third-order valence-electron chi connectivity index (χ3n) is 2.79. The highest BCUT2D eigenvalue weighted by molar-refractivity contribution is 6.05. The molecule has 0 bridgehead atoms. The van der Waals surface area contributed by atoms with Gasteiger partial charge in [-0.25, -0.2) is 0 Å². The van der Waals surface area contributed by atoms with Crippen LogP contribution in [0, 0.1) is 11.8 Å². The number of hydrogen-bond acceptors (Lipinski definition) is 2. The molecule has 0 radical (unpaired) electrons. The Morgan fingerprint density at radius 2 is 1.80 bits per heavy atom. The van der Waals surface area contributed by atoms with Gasteiger partial charge in [0.1, 0.15) is 5.75 Å². The smallest absolute Gasteiger partial charge is 0.255 e. The monoisotopic (exact) mass is 265 g/mol. The van der Waals surface area contributed by atoms with Gasteiger partial charge in [-0.3, -0.25) is 4.79 Å².